The summed E-state index contributed by atoms with van der Waals surface area (Å²) in [6.45, 7) is 2.22. The fourth-order valence-electron chi connectivity index (χ4n) is 6.35. The van der Waals surface area contributed by atoms with Crippen LogP contribution in [0.1, 0.15) is 36.0 Å². The lowest BCUT2D eigenvalue weighted by Crippen LogP contribution is -2.49. The minimum atomic E-state index is -0.953. The van der Waals surface area contributed by atoms with Crippen LogP contribution in [0.4, 0.5) is 20.8 Å². The molecule has 1 aliphatic carbocycles. The van der Waals surface area contributed by atoms with Crippen LogP contribution in [0.3, 0.4) is 0 Å². The lowest BCUT2D eigenvalue weighted by atomic mass is 9.85. The number of benzene rings is 1. The number of cyclic esters (lactones) is 1. The first-order chi connectivity index (χ1) is 19.2. The van der Waals surface area contributed by atoms with Gasteiger partial charge in [0.25, 0.3) is 11.8 Å². The van der Waals surface area contributed by atoms with Crippen molar-refractivity contribution in [3.63, 3.8) is 0 Å². The second-order valence-electron chi connectivity index (χ2n) is 10.9. The highest BCUT2D eigenvalue weighted by molar-refractivity contribution is 5.94. The van der Waals surface area contributed by atoms with Crippen LogP contribution in [-0.2, 0) is 32.7 Å². The van der Waals surface area contributed by atoms with Crippen LogP contribution in [0.2, 0.25) is 0 Å². The van der Waals surface area contributed by atoms with Crippen LogP contribution in [-0.4, -0.2) is 78.7 Å². The van der Waals surface area contributed by atoms with Crippen LogP contribution in [0.15, 0.2) is 18.3 Å². The molecule has 1 aromatic heterocycles. The molecule has 4 N–H and O–H groups in total. The van der Waals surface area contributed by atoms with E-state index in [4.69, 9.17) is 15.2 Å². The van der Waals surface area contributed by atoms with Gasteiger partial charge in [-0.3, -0.25) is 19.4 Å². The molecule has 0 spiro atoms. The summed E-state index contributed by atoms with van der Waals surface area (Å²) >= 11 is 0. The number of aromatic nitrogens is 2. The summed E-state index contributed by atoms with van der Waals surface area (Å²) in [4.78, 5) is 48.2. The Bertz CT molecular complexity index is 1370. The van der Waals surface area contributed by atoms with Gasteiger partial charge in [0.1, 0.15) is 17.5 Å². The number of carbonyl (C=O) groups is 3. The molecule has 2 saturated heterocycles. The normalized spacial score (nSPS) is 25.8. The Morgan fingerprint density at radius 2 is 2.17 bits per heavy atom. The van der Waals surface area contributed by atoms with Crippen LogP contribution >= 0.6 is 0 Å². The van der Waals surface area contributed by atoms with Crippen molar-refractivity contribution < 1.29 is 28.2 Å². The summed E-state index contributed by atoms with van der Waals surface area (Å²) in [5, 5.41) is 6.00. The number of likely N-dealkylation sites (tertiary alicyclic amines) is 1. The molecule has 4 heterocycles. The highest BCUT2D eigenvalue weighted by atomic mass is 19.1. The molecule has 3 aliphatic heterocycles. The smallest absolute Gasteiger partial charge is 0.415 e. The molecule has 3 atom stereocenters. The fourth-order valence-corrected chi connectivity index (χ4v) is 6.35. The predicted molar refractivity (Wildman–Crippen MR) is 141 cm³/mol. The Morgan fingerprint density at radius 1 is 1.32 bits per heavy atom. The van der Waals surface area contributed by atoms with E-state index in [2.05, 4.69) is 20.6 Å². The lowest BCUT2D eigenvalue weighted by molar-refractivity contribution is -0.128. The first-order valence-corrected chi connectivity index (χ1v) is 13.6. The average Bonchev–Trinajstić information content (AvgIpc) is 3.63. The number of fused-ring (bicyclic) bond motifs is 2. The van der Waals surface area contributed by atoms with Gasteiger partial charge in [-0.05, 0) is 87.5 Å². The lowest BCUT2D eigenvalue weighted by Gasteiger charge is -2.34. The number of nitrogens with zero attached hydrogens (tertiary/aromatic N) is 4. The standard InChI is InChI=1S/C27H32FN7O5/c1-34-6-2-4-27(34,25(29)37)17-9-16-7-15(8-19(16)20(28)10-17)11-30-5-3-18-13-35(26(38)40-18)21-12-31-24-23(32-21)33-22(36)14-39-24/h9-10,12,15,18,30H,2-8,11,13-14H2,1H3,(H2,29,37)(H,32,33,36). The number of primary amides is 1. The minimum Gasteiger partial charge on any atom is -0.465 e. The molecular weight excluding hydrogens is 521 g/mol. The maximum absolute atomic E-state index is 15.2. The van der Waals surface area contributed by atoms with Gasteiger partial charge < -0.3 is 25.8 Å². The van der Waals surface area contributed by atoms with E-state index in [1.54, 1.807) is 0 Å². The third-order valence-corrected chi connectivity index (χ3v) is 8.41. The number of ether oxygens (including phenoxy) is 2. The molecule has 3 unspecified atom stereocenters. The largest absolute Gasteiger partial charge is 0.465 e. The molecule has 1 aromatic carbocycles. The van der Waals surface area contributed by atoms with E-state index in [0.717, 1.165) is 24.9 Å². The molecule has 13 heteroatoms. The summed E-state index contributed by atoms with van der Waals surface area (Å²) in [6.07, 6.45) is 3.91. The average molecular weight is 554 g/mol. The van der Waals surface area contributed by atoms with E-state index in [9.17, 15) is 14.4 Å². The SMILES string of the molecule is CN1CCCC1(C(N)=O)c1cc(F)c2c(c1)CC(CNCCC1CN(c3cnc4c(n3)NC(=O)CO4)C(=O)O1)C2. The van der Waals surface area contributed by atoms with Gasteiger partial charge in [0.15, 0.2) is 18.2 Å². The second-order valence-corrected chi connectivity index (χ2v) is 10.9. The van der Waals surface area contributed by atoms with Crippen molar-refractivity contribution in [2.75, 3.05) is 50.1 Å². The topological polar surface area (TPSA) is 152 Å². The van der Waals surface area contributed by atoms with E-state index < -0.39 is 17.5 Å². The maximum Gasteiger partial charge on any atom is 0.415 e. The number of likely N-dealkylation sites (N-methyl/N-ethyl adjacent to an activating group) is 1. The van der Waals surface area contributed by atoms with E-state index in [0.29, 0.717) is 50.0 Å². The third-order valence-electron chi connectivity index (χ3n) is 8.41. The van der Waals surface area contributed by atoms with Gasteiger partial charge in [0, 0.05) is 0 Å². The predicted octanol–water partition coefficient (Wildman–Crippen LogP) is 1.07. The Kier molecular flexibility index (Phi) is 6.78. The monoisotopic (exact) mass is 553 g/mol. The van der Waals surface area contributed by atoms with E-state index in [1.807, 2.05) is 18.0 Å². The number of carbonyl (C=O) groups excluding carboxylic acids is 3. The summed E-state index contributed by atoms with van der Waals surface area (Å²) in [6, 6.07) is 3.47. The zero-order chi connectivity index (χ0) is 28.0. The van der Waals surface area contributed by atoms with Gasteiger partial charge >= 0.3 is 6.09 Å². The maximum atomic E-state index is 15.2. The van der Waals surface area contributed by atoms with Crippen LogP contribution in [0.25, 0.3) is 0 Å². The van der Waals surface area contributed by atoms with Gasteiger partial charge in [-0.15, -0.1) is 0 Å². The quantitative estimate of drug-likeness (QED) is 0.408. The summed E-state index contributed by atoms with van der Waals surface area (Å²) in [5.74, 6) is -0.170. The first-order valence-electron chi connectivity index (χ1n) is 13.6. The number of nitrogens with one attached hydrogen (secondary N) is 2. The zero-order valence-corrected chi connectivity index (χ0v) is 22.2. The van der Waals surface area contributed by atoms with Gasteiger partial charge in [-0.25, -0.2) is 19.2 Å². The third kappa shape index (κ3) is 4.62. The summed E-state index contributed by atoms with van der Waals surface area (Å²) in [7, 11) is 1.87. The van der Waals surface area contributed by atoms with Crippen molar-refractivity contribution >= 4 is 29.5 Å². The van der Waals surface area contributed by atoms with Gasteiger partial charge in [0.05, 0.1) is 12.7 Å². The molecule has 6 rings (SSSR count). The molecule has 4 aliphatic rings. The number of nitrogens with two attached hydrogens (primary N) is 1. The molecule has 40 heavy (non-hydrogen) atoms. The van der Waals surface area contributed by atoms with Crippen molar-refractivity contribution in [2.45, 2.75) is 43.7 Å². The number of hydrogen-bond acceptors (Lipinski definition) is 9. The Balaban J connectivity index is 1.01. The second kappa shape index (κ2) is 10.3. The molecule has 0 saturated carbocycles. The van der Waals surface area contributed by atoms with E-state index >= 15 is 4.39 Å². The van der Waals surface area contributed by atoms with Crippen molar-refractivity contribution in [2.24, 2.45) is 11.7 Å². The van der Waals surface area contributed by atoms with Crippen LogP contribution in [0, 0.1) is 11.7 Å². The minimum absolute atomic E-state index is 0.127. The molecule has 0 radical (unpaired) electrons. The summed E-state index contributed by atoms with van der Waals surface area (Å²) < 4.78 is 25.9. The molecule has 12 nitrogen and oxygen atoms in total. The summed E-state index contributed by atoms with van der Waals surface area (Å²) in [5.41, 5.74) is 7.17. The number of anilines is 2. The molecule has 2 aromatic rings. The van der Waals surface area contributed by atoms with E-state index in [-0.39, 0.29) is 47.9 Å². The highest BCUT2D eigenvalue weighted by Crippen LogP contribution is 2.41. The Morgan fingerprint density at radius 3 is 2.95 bits per heavy atom. The number of halogens is 1. The van der Waals surface area contributed by atoms with E-state index in [1.165, 1.54) is 17.2 Å². The number of hydrogen-bond donors (Lipinski definition) is 3. The van der Waals surface area contributed by atoms with Crippen molar-refractivity contribution in [1.82, 2.24) is 20.2 Å². The molecule has 3 amide bonds. The molecule has 0 bridgehead atoms. The van der Waals surface area contributed by atoms with Crippen molar-refractivity contribution in [3.8, 4) is 5.88 Å². The van der Waals surface area contributed by atoms with Gasteiger partial charge in [-0.1, -0.05) is 6.07 Å². The van der Waals surface area contributed by atoms with Crippen molar-refractivity contribution in [1.29, 1.82) is 0 Å². The van der Waals surface area contributed by atoms with Gasteiger partial charge in [-0.2, -0.15) is 0 Å². The molecule has 2 fully saturated rings. The number of rotatable bonds is 8. The van der Waals surface area contributed by atoms with Crippen LogP contribution < -0.4 is 26.0 Å². The Labute approximate surface area is 230 Å². The van der Waals surface area contributed by atoms with Crippen LogP contribution in [0.5, 0.6) is 5.88 Å². The number of amides is 3. The molecule has 212 valence electrons. The fraction of sp³-hybridized carbons (Fsp3) is 0.519. The highest BCUT2D eigenvalue weighted by Gasteiger charge is 2.46. The van der Waals surface area contributed by atoms with Crippen molar-refractivity contribution in [3.05, 3.63) is 40.8 Å². The van der Waals surface area contributed by atoms with Gasteiger partial charge in [0.2, 0.25) is 5.91 Å². The first kappa shape index (κ1) is 26.4. The molecular formula is C27H32FN7O5. The zero-order valence-electron chi connectivity index (χ0n) is 22.2. The Hall–Kier alpha value is -3.84.